The second-order valence-corrected chi connectivity index (χ2v) is 7.38. The highest BCUT2D eigenvalue weighted by molar-refractivity contribution is 7.98. The van der Waals surface area contributed by atoms with E-state index in [2.05, 4.69) is 10.6 Å². The van der Waals surface area contributed by atoms with Crippen molar-refractivity contribution >= 4 is 46.6 Å². The van der Waals surface area contributed by atoms with Crippen LogP contribution in [0.4, 0.5) is 17.1 Å². The van der Waals surface area contributed by atoms with Crippen molar-refractivity contribution in [2.24, 2.45) is 0 Å². The number of amides is 2. The third kappa shape index (κ3) is 5.42. The van der Waals surface area contributed by atoms with Crippen molar-refractivity contribution < 1.29 is 19.1 Å². The van der Waals surface area contributed by atoms with Gasteiger partial charge in [0.25, 0.3) is 5.91 Å². The van der Waals surface area contributed by atoms with E-state index in [0.717, 1.165) is 4.90 Å². The van der Waals surface area contributed by atoms with Crippen LogP contribution in [0.5, 0.6) is 0 Å². The summed E-state index contributed by atoms with van der Waals surface area (Å²) in [4.78, 5) is 39.8. The predicted molar refractivity (Wildman–Crippen MR) is 119 cm³/mol. The van der Waals surface area contributed by atoms with Gasteiger partial charge in [-0.05, 0) is 43.5 Å². The van der Waals surface area contributed by atoms with Crippen molar-refractivity contribution in [2.45, 2.75) is 18.2 Å². The topological polar surface area (TPSA) is 87.7 Å². The molecule has 2 aromatic carbocycles. The first-order chi connectivity index (χ1) is 14.5. The first kappa shape index (κ1) is 21.4. The normalized spacial score (nSPS) is 12.9. The molecule has 2 amide bonds. The first-order valence-corrected chi connectivity index (χ1v) is 10.7. The Morgan fingerprint density at radius 3 is 2.73 bits per heavy atom. The van der Waals surface area contributed by atoms with Crippen LogP contribution in [0, 0.1) is 0 Å². The number of hydrogen-bond acceptors (Lipinski definition) is 6. The molecule has 0 aromatic heterocycles. The van der Waals surface area contributed by atoms with Crippen LogP contribution >= 0.6 is 11.8 Å². The zero-order valence-electron chi connectivity index (χ0n) is 16.8. The summed E-state index contributed by atoms with van der Waals surface area (Å²) in [6, 6.07) is 14.6. The van der Waals surface area contributed by atoms with Crippen LogP contribution in [0.15, 0.2) is 65.2 Å². The fraction of sp³-hybridized carbons (Fsp3) is 0.227. The Bertz CT molecular complexity index is 990. The Kier molecular flexibility index (Phi) is 7.13. The maximum Gasteiger partial charge on any atom is 0.311 e. The third-order valence-corrected chi connectivity index (χ3v) is 5.07. The molecule has 2 aromatic rings. The van der Waals surface area contributed by atoms with E-state index in [1.54, 1.807) is 43.0 Å². The smallest absolute Gasteiger partial charge is 0.311 e. The molecule has 0 fully saturated rings. The van der Waals surface area contributed by atoms with Gasteiger partial charge in [-0.25, -0.2) is 0 Å². The Morgan fingerprint density at radius 1 is 1.17 bits per heavy atom. The van der Waals surface area contributed by atoms with Gasteiger partial charge in [0, 0.05) is 22.4 Å². The molecule has 1 aliphatic rings. The number of nitrogens with zero attached hydrogens (tertiary/aromatic N) is 1. The van der Waals surface area contributed by atoms with Gasteiger partial charge in [0.2, 0.25) is 5.91 Å². The van der Waals surface area contributed by atoms with Crippen molar-refractivity contribution in [1.82, 2.24) is 0 Å². The lowest BCUT2D eigenvalue weighted by Gasteiger charge is -2.21. The highest BCUT2D eigenvalue weighted by Crippen LogP contribution is 2.30. The molecule has 0 atom stereocenters. The van der Waals surface area contributed by atoms with E-state index in [9.17, 15) is 14.4 Å². The van der Waals surface area contributed by atoms with Gasteiger partial charge in [0.15, 0.2) is 0 Å². The van der Waals surface area contributed by atoms with Gasteiger partial charge >= 0.3 is 5.97 Å². The van der Waals surface area contributed by atoms with E-state index >= 15 is 0 Å². The molecule has 0 saturated heterocycles. The number of fused-ring (bicyclic) bond motifs is 1. The molecule has 3 rings (SSSR count). The van der Waals surface area contributed by atoms with Gasteiger partial charge in [-0.1, -0.05) is 18.2 Å². The molecule has 156 valence electrons. The van der Waals surface area contributed by atoms with Gasteiger partial charge in [-0.15, -0.1) is 11.8 Å². The van der Waals surface area contributed by atoms with E-state index in [1.807, 2.05) is 30.5 Å². The minimum atomic E-state index is -0.429. The summed E-state index contributed by atoms with van der Waals surface area (Å²) in [6.07, 6.45) is 3.23. The number of carbonyl (C=O) groups excluding carboxylic acids is 3. The maximum absolute atomic E-state index is 12.9. The molecule has 1 heterocycles. The summed E-state index contributed by atoms with van der Waals surface area (Å²) in [6.45, 7) is 1.83. The zero-order chi connectivity index (χ0) is 21.5. The minimum absolute atomic E-state index is 0.0601. The van der Waals surface area contributed by atoms with Crippen LogP contribution in [0.2, 0.25) is 0 Å². The summed E-state index contributed by atoms with van der Waals surface area (Å²) >= 11 is 1.58. The number of rotatable bonds is 7. The lowest BCUT2D eigenvalue weighted by Crippen LogP contribution is -2.37. The van der Waals surface area contributed by atoms with Crippen molar-refractivity contribution in [2.75, 3.05) is 34.9 Å². The van der Waals surface area contributed by atoms with Gasteiger partial charge in [-0.2, -0.15) is 0 Å². The molecule has 7 nitrogen and oxygen atoms in total. The molecule has 0 aliphatic carbocycles. The first-order valence-electron chi connectivity index (χ1n) is 9.47. The molecular weight excluding hydrogens is 402 g/mol. The van der Waals surface area contributed by atoms with E-state index in [0.29, 0.717) is 22.8 Å². The second-order valence-electron chi connectivity index (χ2n) is 6.50. The number of hydrogen-bond donors (Lipinski definition) is 2. The van der Waals surface area contributed by atoms with Gasteiger partial charge in [0.1, 0.15) is 6.54 Å². The van der Waals surface area contributed by atoms with Crippen LogP contribution in [0.25, 0.3) is 0 Å². The lowest BCUT2D eigenvalue weighted by atomic mass is 10.2. The molecule has 0 bridgehead atoms. The molecule has 1 aliphatic heterocycles. The SMILES string of the molecule is CCOC(=O)CC1=CC(=O)N(CC(=O)Nc2cccc(SC)c2)c2ccccc2N1. The van der Waals surface area contributed by atoms with Crippen LogP contribution in [-0.4, -0.2) is 37.2 Å². The quantitative estimate of drug-likeness (QED) is 0.520. The average molecular weight is 426 g/mol. The molecule has 0 radical (unpaired) electrons. The lowest BCUT2D eigenvalue weighted by molar-refractivity contribution is -0.142. The van der Waals surface area contributed by atoms with Crippen LogP contribution in [-0.2, 0) is 19.1 Å². The average Bonchev–Trinajstić information content (AvgIpc) is 2.84. The number of para-hydroxylation sites is 2. The van der Waals surface area contributed by atoms with Gasteiger partial charge < -0.3 is 15.4 Å². The summed E-state index contributed by atoms with van der Waals surface area (Å²) in [5, 5.41) is 5.95. The maximum atomic E-state index is 12.9. The van der Waals surface area contributed by atoms with Crippen molar-refractivity contribution in [3.05, 3.63) is 60.3 Å². The molecular formula is C22H23N3O4S. The number of carbonyl (C=O) groups is 3. The second kappa shape index (κ2) is 9.98. The van der Waals surface area contributed by atoms with E-state index in [-0.39, 0.29) is 31.4 Å². The van der Waals surface area contributed by atoms with Crippen molar-refractivity contribution in [1.29, 1.82) is 0 Å². The number of nitrogens with one attached hydrogen (secondary N) is 2. The predicted octanol–water partition coefficient (Wildman–Crippen LogP) is 3.64. The number of thioether (sulfide) groups is 1. The number of benzene rings is 2. The summed E-state index contributed by atoms with van der Waals surface area (Å²) in [5.41, 5.74) is 2.28. The summed E-state index contributed by atoms with van der Waals surface area (Å²) < 4.78 is 4.97. The Morgan fingerprint density at radius 2 is 1.97 bits per heavy atom. The number of ether oxygens (including phenoxy) is 1. The summed E-state index contributed by atoms with van der Waals surface area (Å²) in [5.74, 6) is -1.14. The van der Waals surface area contributed by atoms with E-state index in [4.69, 9.17) is 4.74 Å². The van der Waals surface area contributed by atoms with Crippen molar-refractivity contribution in [3.63, 3.8) is 0 Å². The number of esters is 1. The monoisotopic (exact) mass is 425 g/mol. The fourth-order valence-corrected chi connectivity index (χ4v) is 3.50. The highest BCUT2D eigenvalue weighted by atomic mass is 32.2. The summed E-state index contributed by atoms with van der Waals surface area (Å²) in [7, 11) is 0. The van der Waals surface area contributed by atoms with Crippen LogP contribution in [0.3, 0.4) is 0 Å². The van der Waals surface area contributed by atoms with E-state index in [1.165, 1.54) is 11.0 Å². The minimum Gasteiger partial charge on any atom is -0.466 e. The molecule has 30 heavy (non-hydrogen) atoms. The fourth-order valence-electron chi connectivity index (χ4n) is 3.04. The standard InChI is InChI=1S/C22H23N3O4S/c1-3-29-22(28)13-16-12-21(27)25(19-10-5-4-9-18(19)23-16)14-20(26)24-15-7-6-8-17(11-15)30-2/h4-12,23H,3,13-14H2,1-2H3,(H,24,26). The number of anilines is 3. The Hall–Kier alpha value is -3.26. The Balaban J connectivity index is 1.80. The van der Waals surface area contributed by atoms with Gasteiger partial charge in [0.05, 0.1) is 24.4 Å². The molecule has 8 heteroatoms. The molecule has 0 unspecified atom stereocenters. The molecule has 0 saturated carbocycles. The van der Waals surface area contributed by atoms with Crippen LogP contribution < -0.4 is 15.5 Å². The van der Waals surface area contributed by atoms with Gasteiger partial charge in [-0.3, -0.25) is 19.3 Å². The zero-order valence-corrected chi connectivity index (χ0v) is 17.6. The van der Waals surface area contributed by atoms with E-state index < -0.39 is 5.97 Å². The molecule has 2 N–H and O–H groups in total. The highest BCUT2D eigenvalue weighted by Gasteiger charge is 2.25. The third-order valence-electron chi connectivity index (χ3n) is 4.35. The van der Waals surface area contributed by atoms with Crippen molar-refractivity contribution in [3.8, 4) is 0 Å². The molecule has 0 spiro atoms. The van der Waals surface area contributed by atoms with Crippen LogP contribution in [0.1, 0.15) is 13.3 Å². The Labute approximate surface area is 179 Å². The largest absolute Gasteiger partial charge is 0.466 e.